The van der Waals surface area contributed by atoms with Crippen LogP contribution >= 0.6 is 0 Å². The zero-order valence-electron chi connectivity index (χ0n) is 12.8. The fourth-order valence-electron chi connectivity index (χ4n) is 2.15. The lowest BCUT2D eigenvalue weighted by Crippen LogP contribution is -2.48. The molecule has 0 radical (unpaired) electrons. The van der Waals surface area contributed by atoms with E-state index < -0.39 is 6.04 Å². The Balaban J connectivity index is 2.21. The molecule has 7 nitrogen and oxygen atoms in total. The summed E-state index contributed by atoms with van der Waals surface area (Å²) in [7, 11) is 3.30. The number of rotatable bonds is 4. The molecule has 1 unspecified atom stereocenters. The molecule has 0 aromatic carbocycles. The van der Waals surface area contributed by atoms with Crippen LogP contribution < -0.4 is 10.6 Å². The van der Waals surface area contributed by atoms with Crippen LogP contribution in [0, 0.1) is 0 Å². The fourth-order valence-corrected chi connectivity index (χ4v) is 2.15. The number of anilines is 2. The van der Waals surface area contributed by atoms with E-state index in [1.807, 2.05) is 13.8 Å². The van der Waals surface area contributed by atoms with Crippen LogP contribution in [-0.4, -0.2) is 46.8 Å². The third-order valence-electron chi connectivity index (χ3n) is 3.49. The lowest BCUT2D eigenvalue weighted by molar-refractivity contribution is -0.146. The molecule has 2 N–H and O–H groups in total. The second-order valence-corrected chi connectivity index (χ2v) is 5.43. The van der Waals surface area contributed by atoms with Crippen molar-refractivity contribution in [2.24, 2.45) is 0 Å². The molecule has 1 aromatic rings. The van der Waals surface area contributed by atoms with Crippen LogP contribution in [0.25, 0.3) is 0 Å². The largest absolute Gasteiger partial charge is 0.373 e. The first-order valence-electron chi connectivity index (χ1n) is 7.06. The molecule has 0 saturated carbocycles. The summed E-state index contributed by atoms with van der Waals surface area (Å²) in [5.41, 5.74) is 0. The molecule has 1 aliphatic rings. The van der Waals surface area contributed by atoms with Crippen molar-refractivity contribution in [3.05, 3.63) is 11.9 Å². The number of likely N-dealkylation sites (tertiary alicyclic amines) is 1. The van der Waals surface area contributed by atoms with E-state index in [4.69, 9.17) is 0 Å². The third-order valence-corrected chi connectivity index (χ3v) is 3.49. The Hall–Kier alpha value is -2.18. The molecule has 2 heterocycles. The monoisotopic (exact) mass is 291 g/mol. The molecule has 21 heavy (non-hydrogen) atoms. The van der Waals surface area contributed by atoms with Crippen molar-refractivity contribution in [3.63, 3.8) is 0 Å². The smallest absolute Gasteiger partial charge is 0.251 e. The van der Waals surface area contributed by atoms with Gasteiger partial charge in [-0.1, -0.05) is 13.8 Å². The van der Waals surface area contributed by atoms with Gasteiger partial charge in [0.25, 0.3) is 5.91 Å². The van der Waals surface area contributed by atoms with Crippen LogP contribution in [-0.2, 0) is 9.59 Å². The molecule has 0 spiro atoms. The van der Waals surface area contributed by atoms with E-state index in [9.17, 15) is 9.59 Å². The first-order chi connectivity index (χ1) is 9.92. The normalized spacial score (nSPS) is 19.1. The number of nitrogens with one attached hydrogen (secondary N) is 2. The highest BCUT2D eigenvalue weighted by molar-refractivity contribution is 6.01. The molecule has 114 valence electrons. The van der Waals surface area contributed by atoms with Crippen LogP contribution in [0.4, 0.5) is 11.6 Å². The molecule has 0 bridgehead atoms. The standard InChI is InChI=1S/C14H21N5O2/c1-8(2)13-17-10(15-3)7-11(18-13)16-9-5-6-12(20)19(4)14(9)21/h7-9H,5-6H2,1-4H3,(H2,15,16,17,18). The zero-order valence-corrected chi connectivity index (χ0v) is 12.8. The molecule has 7 heteroatoms. The van der Waals surface area contributed by atoms with Crippen molar-refractivity contribution >= 4 is 23.5 Å². The van der Waals surface area contributed by atoms with E-state index in [0.29, 0.717) is 30.3 Å². The van der Waals surface area contributed by atoms with Crippen LogP contribution in [0.5, 0.6) is 0 Å². The number of carbonyl (C=O) groups excluding carboxylic acids is 2. The highest BCUT2D eigenvalue weighted by Crippen LogP contribution is 2.20. The molecular formula is C14H21N5O2. The van der Waals surface area contributed by atoms with E-state index in [-0.39, 0.29) is 17.7 Å². The first kappa shape index (κ1) is 15.2. The van der Waals surface area contributed by atoms with Gasteiger partial charge in [0.2, 0.25) is 5.91 Å². The van der Waals surface area contributed by atoms with Gasteiger partial charge in [-0.15, -0.1) is 0 Å². The average Bonchev–Trinajstić information content (AvgIpc) is 2.47. The maximum Gasteiger partial charge on any atom is 0.251 e. The molecule has 1 atom stereocenters. The Bertz CT molecular complexity index is 558. The van der Waals surface area contributed by atoms with Crippen molar-refractivity contribution in [1.82, 2.24) is 14.9 Å². The summed E-state index contributed by atoms with van der Waals surface area (Å²) in [6, 6.07) is 1.34. The minimum absolute atomic E-state index is 0.139. The lowest BCUT2D eigenvalue weighted by Gasteiger charge is -2.28. The highest BCUT2D eigenvalue weighted by atomic mass is 16.2. The Morgan fingerprint density at radius 3 is 2.57 bits per heavy atom. The van der Waals surface area contributed by atoms with Gasteiger partial charge in [-0.05, 0) is 6.42 Å². The summed E-state index contributed by atoms with van der Waals surface area (Å²) >= 11 is 0. The maximum absolute atomic E-state index is 12.1. The van der Waals surface area contributed by atoms with Gasteiger partial charge in [0.1, 0.15) is 23.5 Å². The second-order valence-electron chi connectivity index (χ2n) is 5.43. The first-order valence-corrected chi connectivity index (χ1v) is 7.06. The predicted molar refractivity (Wildman–Crippen MR) is 80.1 cm³/mol. The predicted octanol–water partition coefficient (Wildman–Crippen LogP) is 1.20. The average molecular weight is 291 g/mol. The molecule has 2 rings (SSSR count). The summed E-state index contributed by atoms with van der Waals surface area (Å²) in [5.74, 6) is 1.83. The molecule has 2 amide bonds. The second kappa shape index (κ2) is 6.07. The van der Waals surface area contributed by atoms with Crippen LogP contribution in [0.3, 0.4) is 0 Å². The summed E-state index contributed by atoms with van der Waals surface area (Å²) in [5, 5.41) is 6.10. The molecule has 1 aliphatic heterocycles. The number of aromatic nitrogens is 2. The SMILES string of the molecule is CNc1cc(NC2CCC(=O)N(C)C2=O)nc(C(C)C)n1. The molecular weight excluding hydrogens is 270 g/mol. The van der Waals surface area contributed by atoms with Gasteiger partial charge in [0.15, 0.2) is 0 Å². The van der Waals surface area contributed by atoms with Crippen LogP contribution in [0.2, 0.25) is 0 Å². The molecule has 1 fully saturated rings. The minimum Gasteiger partial charge on any atom is -0.373 e. The Labute approximate surface area is 124 Å². The third kappa shape index (κ3) is 3.29. The lowest BCUT2D eigenvalue weighted by atomic mass is 10.0. The Morgan fingerprint density at radius 1 is 1.29 bits per heavy atom. The zero-order chi connectivity index (χ0) is 15.6. The Kier molecular flexibility index (Phi) is 4.40. The number of nitrogens with zero attached hydrogens (tertiary/aromatic N) is 3. The van der Waals surface area contributed by atoms with E-state index in [1.165, 1.54) is 11.9 Å². The van der Waals surface area contributed by atoms with Gasteiger partial charge < -0.3 is 10.6 Å². The van der Waals surface area contributed by atoms with Crippen molar-refractivity contribution in [1.29, 1.82) is 0 Å². The van der Waals surface area contributed by atoms with Crippen molar-refractivity contribution < 1.29 is 9.59 Å². The van der Waals surface area contributed by atoms with E-state index >= 15 is 0 Å². The number of piperidine rings is 1. The van der Waals surface area contributed by atoms with Gasteiger partial charge in [-0.3, -0.25) is 14.5 Å². The number of carbonyl (C=O) groups is 2. The number of hydrogen-bond acceptors (Lipinski definition) is 6. The topological polar surface area (TPSA) is 87.2 Å². The fraction of sp³-hybridized carbons (Fsp3) is 0.571. The maximum atomic E-state index is 12.1. The minimum atomic E-state index is -0.424. The number of hydrogen-bond donors (Lipinski definition) is 2. The van der Waals surface area contributed by atoms with Crippen molar-refractivity contribution in [2.75, 3.05) is 24.7 Å². The van der Waals surface area contributed by atoms with E-state index in [1.54, 1.807) is 13.1 Å². The molecule has 1 saturated heterocycles. The van der Waals surface area contributed by atoms with Crippen molar-refractivity contribution in [3.8, 4) is 0 Å². The van der Waals surface area contributed by atoms with Gasteiger partial charge in [0, 0.05) is 32.5 Å². The van der Waals surface area contributed by atoms with Crippen molar-refractivity contribution in [2.45, 2.75) is 38.6 Å². The molecule has 1 aromatic heterocycles. The quantitative estimate of drug-likeness (QED) is 0.811. The number of amides is 2. The molecule has 0 aliphatic carbocycles. The van der Waals surface area contributed by atoms with Gasteiger partial charge in [0.05, 0.1) is 0 Å². The summed E-state index contributed by atoms with van der Waals surface area (Å²) in [6.07, 6.45) is 0.846. The van der Waals surface area contributed by atoms with Gasteiger partial charge in [-0.25, -0.2) is 9.97 Å². The summed E-state index contributed by atoms with van der Waals surface area (Å²) in [4.78, 5) is 33.6. The Morgan fingerprint density at radius 2 is 1.95 bits per heavy atom. The van der Waals surface area contributed by atoms with Crippen LogP contribution in [0.1, 0.15) is 38.4 Å². The summed E-state index contributed by atoms with van der Waals surface area (Å²) < 4.78 is 0. The highest BCUT2D eigenvalue weighted by Gasteiger charge is 2.32. The van der Waals surface area contributed by atoms with Crippen LogP contribution in [0.15, 0.2) is 6.07 Å². The van der Waals surface area contributed by atoms with E-state index in [2.05, 4.69) is 20.6 Å². The van der Waals surface area contributed by atoms with Gasteiger partial charge >= 0.3 is 0 Å². The number of likely N-dealkylation sites (N-methyl/N-ethyl adjacent to an activating group) is 1. The summed E-state index contributed by atoms with van der Waals surface area (Å²) in [6.45, 7) is 4.02. The van der Waals surface area contributed by atoms with Gasteiger partial charge in [-0.2, -0.15) is 0 Å². The van der Waals surface area contributed by atoms with E-state index in [0.717, 1.165) is 0 Å². The number of imide groups is 1.